The maximum atomic E-state index is 5.91. The smallest absolute Gasteiger partial charge is 0.0575 e. The fourth-order valence-electron chi connectivity index (χ4n) is 2.18. The van der Waals surface area contributed by atoms with Gasteiger partial charge in [0, 0.05) is 12.1 Å². The molecule has 1 saturated carbocycles. The summed E-state index contributed by atoms with van der Waals surface area (Å²) in [5.41, 5.74) is 0.236. The molecule has 2 nitrogen and oxygen atoms in total. The van der Waals surface area contributed by atoms with Gasteiger partial charge in [0.1, 0.15) is 0 Å². The maximum Gasteiger partial charge on any atom is 0.0575 e. The lowest BCUT2D eigenvalue weighted by atomic mass is 9.89. The fraction of sp³-hybridized carbons (Fsp3) is 1.00. The molecule has 1 N–H and O–H groups in total. The number of rotatable bonds is 5. The van der Waals surface area contributed by atoms with Crippen LogP contribution in [-0.2, 0) is 4.74 Å². The molecule has 0 radical (unpaired) electrons. The maximum absolute atomic E-state index is 5.91. The van der Waals surface area contributed by atoms with Gasteiger partial charge in [-0.15, -0.1) is 0 Å². The van der Waals surface area contributed by atoms with Crippen LogP contribution in [0.5, 0.6) is 0 Å². The van der Waals surface area contributed by atoms with E-state index in [1.165, 1.54) is 25.7 Å². The summed E-state index contributed by atoms with van der Waals surface area (Å²) in [6.45, 7) is 10.9. The molecule has 0 aromatic rings. The zero-order chi connectivity index (χ0) is 12.0. The van der Waals surface area contributed by atoms with Crippen LogP contribution >= 0.6 is 0 Å². The van der Waals surface area contributed by atoms with E-state index in [1.807, 2.05) is 0 Å². The molecule has 0 aromatic carbocycles. The minimum atomic E-state index is 0.236. The van der Waals surface area contributed by atoms with Crippen molar-refractivity contribution in [2.24, 2.45) is 5.92 Å². The van der Waals surface area contributed by atoms with Gasteiger partial charge < -0.3 is 10.1 Å². The van der Waals surface area contributed by atoms with E-state index in [2.05, 4.69) is 33.0 Å². The van der Waals surface area contributed by atoms with Crippen molar-refractivity contribution in [3.63, 3.8) is 0 Å². The quantitative estimate of drug-likeness (QED) is 0.727. The Hall–Kier alpha value is -0.0800. The predicted octanol–water partition coefficient (Wildman–Crippen LogP) is 3.36. The molecule has 0 aromatic heterocycles. The van der Waals surface area contributed by atoms with E-state index in [1.54, 1.807) is 0 Å². The van der Waals surface area contributed by atoms with Gasteiger partial charge in [-0.2, -0.15) is 0 Å². The Kier molecular flexibility index (Phi) is 5.77. The Morgan fingerprint density at radius 1 is 1.12 bits per heavy atom. The first-order valence-corrected chi connectivity index (χ1v) is 6.84. The van der Waals surface area contributed by atoms with Crippen molar-refractivity contribution in [1.82, 2.24) is 5.32 Å². The molecule has 0 bridgehead atoms. The van der Waals surface area contributed by atoms with Gasteiger partial charge in [-0.1, -0.05) is 6.92 Å². The highest BCUT2D eigenvalue weighted by Crippen LogP contribution is 2.25. The van der Waals surface area contributed by atoms with Gasteiger partial charge in [0.05, 0.1) is 6.10 Å². The summed E-state index contributed by atoms with van der Waals surface area (Å²) in [7, 11) is 0. The average molecular weight is 227 g/mol. The first kappa shape index (κ1) is 14.0. The zero-order valence-corrected chi connectivity index (χ0v) is 11.5. The van der Waals surface area contributed by atoms with Crippen LogP contribution in [0.2, 0.25) is 0 Å². The van der Waals surface area contributed by atoms with Crippen LogP contribution in [0.25, 0.3) is 0 Å². The molecule has 1 aliphatic carbocycles. The molecule has 96 valence electrons. The van der Waals surface area contributed by atoms with Crippen LogP contribution in [0.4, 0.5) is 0 Å². The predicted molar refractivity (Wildman–Crippen MR) is 69.7 cm³/mol. The van der Waals surface area contributed by atoms with Crippen molar-refractivity contribution in [3.8, 4) is 0 Å². The lowest BCUT2D eigenvalue weighted by molar-refractivity contribution is 0.0184. The van der Waals surface area contributed by atoms with Crippen molar-refractivity contribution in [3.05, 3.63) is 0 Å². The van der Waals surface area contributed by atoms with Crippen LogP contribution in [0.15, 0.2) is 0 Å². The zero-order valence-electron chi connectivity index (χ0n) is 11.5. The number of hydrogen-bond acceptors (Lipinski definition) is 2. The van der Waals surface area contributed by atoms with Gasteiger partial charge in [0.25, 0.3) is 0 Å². The number of nitrogens with one attached hydrogen (secondary N) is 1. The Morgan fingerprint density at radius 2 is 1.75 bits per heavy atom. The third kappa shape index (κ3) is 6.49. The molecular weight excluding hydrogens is 198 g/mol. The summed E-state index contributed by atoms with van der Waals surface area (Å²) in [5.74, 6) is 0.919. The molecule has 0 atom stereocenters. The highest BCUT2D eigenvalue weighted by molar-refractivity contribution is 4.71. The van der Waals surface area contributed by atoms with Gasteiger partial charge in [-0.05, 0) is 65.3 Å². The topological polar surface area (TPSA) is 21.3 Å². The minimum Gasteiger partial charge on any atom is -0.378 e. The largest absolute Gasteiger partial charge is 0.378 e. The summed E-state index contributed by atoms with van der Waals surface area (Å²) in [6.07, 6.45) is 6.92. The first-order chi connectivity index (χ1) is 7.47. The molecule has 0 amide bonds. The molecule has 1 rings (SSSR count). The minimum absolute atomic E-state index is 0.236. The summed E-state index contributed by atoms with van der Waals surface area (Å²) in [6, 6.07) is 0. The van der Waals surface area contributed by atoms with E-state index in [-0.39, 0.29) is 5.54 Å². The Morgan fingerprint density at radius 3 is 2.31 bits per heavy atom. The van der Waals surface area contributed by atoms with Gasteiger partial charge >= 0.3 is 0 Å². The monoisotopic (exact) mass is 227 g/mol. The fourth-order valence-corrected chi connectivity index (χ4v) is 2.18. The van der Waals surface area contributed by atoms with E-state index in [0.717, 1.165) is 25.5 Å². The molecule has 0 saturated heterocycles. The van der Waals surface area contributed by atoms with Crippen LogP contribution in [0, 0.1) is 5.92 Å². The Balaban J connectivity index is 1.95. The lowest BCUT2D eigenvalue weighted by Gasteiger charge is -2.26. The second kappa shape index (κ2) is 6.61. The van der Waals surface area contributed by atoms with E-state index in [4.69, 9.17) is 4.74 Å². The number of hydrogen-bond donors (Lipinski definition) is 1. The van der Waals surface area contributed by atoms with E-state index >= 15 is 0 Å². The van der Waals surface area contributed by atoms with Gasteiger partial charge in [0.15, 0.2) is 0 Å². The second-order valence-electron chi connectivity index (χ2n) is 6.28. The second-order valence-corrected chi connectivity index (χ2v) is 6.28. The normalized spacial score (nSPS) is 27.0. The van der Waals surface area contributed by atoms with Crippen molar-refractivity contribution >= 4 is 0 Å². The molecular formula is C14H29NO. The molecule has 0 spiro atoms. The highest BCUT2D eigenvalue weighted by atomic mass is 16.5. The molecule has 2 heteroatoms. The van der Waals surface area contributed by atoms with Crippen LogP contribution < -0.4 is 5.32 Å². The number of ether oxygens (including phenoxy) is 1. The molecule has 0 heterocycles. The van der Waals surface area contributed by atoms with Crippen molar-refractivity contribution < 1.29 is 4.74 Å². The van der Waals surface area contributed by atoms with E-state index < -0.39 is 0 Å². The molecule has 16 heavy (non-hydrogen) atoms. The van der Waals surface area contributed by atoms with Crippen molar-refractivity contribution in [1.29, 1.82) is 0 Å². The van der Waals surface area contributed by atoms with E-state index in [0.29, 0.717) is 6.10 Å². The summed E-state index contributed by atoms with van der Waals surface area (Å²) in [4.78, 5) is 0. The van der Waals surface area contributed by atoms with E-state index in [9.17, 15) is 0 Å². The summed E-state index contributed by atoms with van der Waals surface area (Å²) < 4.78 is 5.91. The average Bonchev–Trinajstić information content (AvgIpc) is 2.19. The molecule has 0 aliphatic heterocycles. The summed E-state index contributed by atoms with van der Waals surface area (Å²) in [5, 5.41) is 3.49. The molecule has 1 fully saturated rings. The van der Waals surface area contributed by atoms with Gasteiger partial charge in [-0.3, -0.25) is 0 Å². The first-order valence-electron chi connectivity index (χ1n) is 6.84. The highest BCUT2D eigenvalue weighted by Gasteiger charge is 2.18. The molecule has 0 unspecified atom stereocenters. The Labute approximate surface area is 101 Å². The lowest BCUT2D eigenvalue weighted by Crippen LogP contribution is -2.36. The Bertz CT molecular complexity index is 178. The van der Waals surface area contributed by atoms with Crippen LogP contribution in [0.3, 0.4) is 0 Å². The van der Waals surface area contributed by atoms with Crippen molar-refractivity contribution in [2.45, 2.75) is 71.4 Å². The van der Waals surface area contributed by atoms with Gasteiger partial charge in [-0.25, -0.2) is 0 Å². The third-order valence-corrected chi connectivity index (χ3v) is 3.29. The van der Waals surface area contributed by atoms with Gasteiger partial charge in [0.2, 0.25) is 0 Å². The standard InChI is InChI=1S/C14H29NO/c1-12-6-8-13(9-7-12)16-11-5-10-15-14(2,3)4/h12-13,15H,5-11H2,1-4H3. The SMILES string of the molecule is CC1CCC(OCCCNC(C)(C)C)CC1. The van der Waals surface area contributed by atoms with Crippen LogP contribution in [0.1, 0.15) is 59.8 Å². The molecule has 1 aliphatic rings. The van der Waals surface area contributed by atoms with Crippen LogP contribution in [-0.4, -0.2) is 24.8 Å². The third-order valence-electron chi connectivity index (χ3n) is 3.29. The van der Waals surface area contributed by atoms with Crippen molar-refractivity contribution in [2.75, 3.05) is 13.2 Å². The summed E-state index contributed by atoms with van der Waals surface area (Å²) >= 11 is 0.